The van der Waals surface area contributed by atoms with E-state index >= 15 is 0 Å². The van der Waals surface area contributed by atoms with Crippen LogP contribution >= 0.6 is 0 Å². The van der Waals surface area contributed by atoms with Gasteiger partial charge in [-0.2, -0.15) is 0 Å². The summed E-state index contributed by atoms with van der Waals surface area (Å²) in [6.07, 6.45) is 5.07. The molecule has 0 aliphatic heterocycles. The molecule has 0 amide bonds. The van der Waals surface area contributed by atoms with Gasteiger partial charge in [0, 0.05) is 24.7 Å². The van der Waals surface area contributed by atoms with Crippen molar-refractivity contribution in [2.24, 2.45) is 5.73 Å². The molecule has 0 aromatic heterocycles. The second-order valence-electron chi connectivity index (χ2n) is 5.77. The lowest BCUT2D eigenvalue weighted by Crippen LogP contribution is -2.51. The second-order valence-corrected chi connectivity index (χ2v) is 5.77. The van der Waals surface area contributed by atoms with Crippen molar-refractivity contribution in [3.8, 4) is 0 Å². The smallest absolute Gasteiger partial charge is 0.0253 e. The summed E-state index contributed by atoms with van der Waals surface area (Å²) in [7, 11) is 0. The van der Waals surface area contributed by atoms with Crippen LogP contribution in [-0.2, 0) is 6.54 Å². The maximum absolute atomic E-state index is 6.33. The standard InChI is InChI=1S/C16H26N2/c1-13(2)18(12-14-8-4-3-5-9-14)16-11-7-6-10-15(16)17/h3-5,8-9,13,15-16H,6-7,10-12,17H2,1-2H3. The van der Waals surface area contributed by atoms with Gasteiger partial charge in [-0.3, -0.25) is 4.90 Å². The predicted molar refractivity (Wildman–Crippen MR) is 77.4 cm³/mol. The van der Waals surface area contributed by atoms with Crippen molar-refractivity contribution in [3.05, 3.63) is 35.9 Å². The van der Waals surface area contributed by atoms with Crippen LogP contribution in [0.5, 0.6) is 0 Å². The lowest BCUT2D eigenvalue weighted by atomic mass is 9.89. The van der Waals surface area contributed by atoms with Crippen LogP contribution in [0, 0.1) is 0 Å². The Hall–Kier alpha value is -0.860. The maximum atomic E-state index is 6.33. The minimum absolute atomic E-state index is 0.352. The van der Waals surface area contributed by atoms with Crippen LogP contribution in [0.25, 0.3) is 0 Å². The third-order valence-corrected chi connectivity index (χ3v) is 4.08. The summed E-state index contributed by atoms with van der Waals surface area (Å²) in [4.78, 5) is 2.58. The molecule has 0 heterocycles. The lowest BCUT2D eigenvalue weighted by Gasteiger charge is -2.41. The summed E-state index contributed by atoms with van der Waals surface area (Å²) in [6.45, 7) is 5.59. The van der Waals surface area contributed by atoms with E-state index in [1.54, 1.807) is 0 Å². The van der Waals surface area contributed by atoms with Gasteiger partial charge in [0.25, 0.3) is 0 Å². The summed E-state index contributed by atoms with van der Waals surface area (Å²) >= 11 is 0. The van der Waals surface area contributed by atoms with E-state index in [0.29, 0.717) is 18.1 Å². The third-order valence-electron chi connectivity index (χ3n) is 4.08. The van der Waals surface area contributed by atoms with Crippen LogP contribution in [-0.4, -0.2) is 23.0 Å². The van der Waals surface area contributed by atoms with Crippen LogP contribution < -0.4 is 5.73 Å². The van der Waals surface area contributed by atoms with Gasteiger partial charge < -0.3 is 5.73 Å². The van der Waals surface area contributed by atoms with Gasteiger partial charge in [0.05, 0.1) is 0 Å². The van der Waals surface area contributed by atoms with E-state index in [9.17, 15) is 0 Å². The lowest BCUT2D eigenvalue weighted by molar-refractivity contribution is 0.0968. The van der Waals surface area contributed by atoms with Crippen molar-refractivity contribution < 1.29 is 0 Å². The highest BCUT2D eigenvalue weighted by Crippen LogP contribution is 2.25. The summed E-state index contributed by atoms with van der Waals surface area (Å²) in [5.74, 6) is 0. The highest BCUT2D eigenvalue weighted by Gasteiger charge is 2.29. The first-order valence-corrected chi connectivity index (χ1v) is 7.23. The van der Waals surface area contributed by atoms with Gasteiger partial charge in [0.15, 0.2) is 0 Å². The van der Waals surface area contributed by atoms with Crippen molar-refractivity contribution in [1.29, 1.82) is 0 Å². The van der Waals surface area contributed by atoms with Crippen LogP contribution in [0.2, 0.25) is 0 Å². The Morgan fingerprint density at radius 3 is 2.44 bits per heavy atom. The van der Waals surface area contributed by atoms with Gasteiger partial charge in [-0.1, -0.05) is 43.2 Å². The van der Waals surface area contributed by atoms with E-state index in [-0.39, 0.29) is 0 Å². The fraction of sp³-hybridized carbons (Fsp3) is 0.625. The largest absolute Gasteiger partial charge is 0.326 e. The van der Waals surface area contributed by atoms with Gasteiger partial charge in [0.2, 0.25) is 0 Å². The molecule has 100 valence electrons. The third kappa shape index (κ3) is 3.33. The Morgan fingerprint density at radius 1 is 1.17 bits per heavy atom. The molecule has 1 aliphatic rings. The monoisotopic (exact) mass is 246 g/mol. The van der Waals surface area contributed by atoms with E-state index in [1.807, 2.05) is 0 Å². The Bertz CT molecular complexity index is 347. The topological polar surface area (TPSA) is 29.3 Å². The molecule has 1 saturated carbocycles. The molecule has 1 aromatic rings. The molecule has 0 spiro atoms. The van der Waals surface area contributed by atoms with Gasteiger partial charge in [-0.05, 0) is 32.3 Å². The molecule has 18 heavy (non-hydrogen) atoms. The zero-order valence-corrected chi connectivity index (χ0v) is 11.7. The van der Waals surface area contributed by atoms with E-state index < -0.39 is 0 Å². The molecular weight excluding hydrogens is 220 g/mol. The number of nitrogens with two attached hydrogens (primary N) is 1. The van der Waals surface area contributed by atoms with Crippen LogP contribution in [0.1, 0.15) is 45.1 Å². The number of hydrogen-bond donors (Lipinski definition) is 1. The SMILES string of the molecule is CC(C)N(Cc1ccccc1)C1CCCCC1N. The van der Waals surface area contributed by atoms with Crippen LogP contribution in [0.3, 0.4) is 0 Å². The number of nitrogens with zero attached hydrogens (tertiary/aromatic N) is 1. The average molecular weight is 246 g/mol. The Balaban J connectivity index is 2.08. The molecule has 1 fully saturated rings. The summed E-state index contributed by atoms with van der Waals surface area (Å²) in [6, 6.07) is 12.2. The number of benzene rings is 1. The van der Waals surface area contributed by atoms with Crippen molar-refractivity contribution in [2.75, 3.05) is 0 Å². The molecule has 2 atom stereocenters. The van der Waals surface area contributed by atoms with Gasteiger partial charge in [0.1, 0.15) is 0 Å². The Labute approximate surface area is 111 Å². The van der Waals surface area contributed by atoms with Crippen molar-refractivity contribution in [3.63, 3.8) is 0 Å². The highest BCUT2D eigenvalue weighted by atomic mass is 15.2. The average Bonchev–Trinajstić information content (AvgIpc) is 2.38. The van der Waals surface area contributed by atoms with Crippen molar-refractivity contribution in [2.45, 2.75) is 64.2 Å². The summed E-state index contributed by atoms with van der Waals surface area (Å²) in [5, 5.41) is 0. The van der Waals surface area contributed by atoms with E-state index in [0.717, 1.165) is 6.54 Å². The fourth-order valence-corrected chi connectivity index (χ4v) is 3.03. The first-order chi connectivity index (χ1) is 8.68. The molecule has 2 unspecified atom stereocenters. The minimum Gasteiger partial charge on any atom is -0.326 e. The summed E-state index contributed by atoms with van der Waals surface area (Å²) in [5.41, 5.74) is 7.72. The number of hydrogen-bond acceptors (Lipinski definition) is 2. The fourth-order valence-electron chi connectivity index (χ4n) is 3.03. The zero-order chi connectivity index (χ0) is 13.0. The molecule has 0 radical (unpaired) electrons. The van der Waals surface area contributed by atoms with Gasteiger partial charge in [-0.25, -0.2) is 0 Å². The first kappa shape index (κ1) is 13.6. The summed E-state index contributed by atoms with van der Waals surface area (Å²) < 4.78 is 0. The molecular formula is C16H26N2. The van der Waals surface area contributed by atoms with Crippen molar-refractivity contribution >= 4 is 0 Å². The highest BCUT2D eigenvalue weighted by molar-refractivity contribution is 5.15. The second kappa shape index (κ2) is 6.35. The van der Waals surface area contributed by atoms with Crippen molar-refractivity contribution in [1.82, 2.24) is 4.90 Å². The molecule has 0 bridgehead atoms. The maximum Gasteiger partial charge on any atom is 0.0253 e. The molecule has 1 aromatic carbocycles. The molecule has 2 heteroatoms. The molecule has 2 N–H and O–H groups in total. The first-order valence-electron chi connectivity index (χ1n) is 7.23. The van der Waals surface area contributed by atoms with Crippen LogP contribution in [0.15, 0.2) is 30.3 Å². The predicted octanol–water partition coefficient (Wildman–Crippen LogP) is 3.17. The normalized spacial score (nSPS) is 24.7. The van der Waals surface area contributed by atoms with Crippen LogP contribution in [0.4, 0.5) is 0 Å². The Kier molecular flexibility index (Phi) is 4.79. The van der Waals surface area contributed by atoms with E-state index in [1.165, 1.54) is 31.2 Å². The molecule has 2 rings (SSSR count). The van der Waals surface area contributed by atoms with E-state index in [2.05, 4.69) is 49.1 Å². The quantitative estimate of drug-likeness (QED) is 0.884. The zero-order valence-electron chi connectivity index (χ0n) is 11.7. The molecule has 2 nitrogen and oxygen atoms in total. The van der Waals surface area contributed by atoms with E-state index in [4.69, 9.17) is 5.73 Å². The molecule has 0 saturated heterocycles. The van der Waals surface area contributed by atoms with Gasteiger partial charge >= 0.3 is 0 Å². The Morgan fingerprint density at radius 2 is 1.83 bits per heavy atom. The number of rotatable bonds is 4. The minimum atomic E-state index is 0.352. The molecule has 1 aliphatic carbocycles. The van der Waals surface area contributed by atoms with Gasteiger partial charge in [-0.15, -0.1) is 0 Å².